The van der Waals surface area contributed by atoms with Crippen molar-refractivity contribution in [1.82, 2.24) is 10.3 Å². The summed E-state index contributed by atoms with van der Waals surface area (Å²) in [5.74, 6) is 0.305. The Kier molecular flexibility index (Phi) is 6.35. The van der Waals surface area contributed by atoms with E-state index in [0.29, 0.717) is 11.3 Å². The number of thiazole rings is 1. The van der Waals surface area contributed by atoms with E-state index >= 15 is 0 Å². The quantitative estimate of drug-likeness (QED) is 0.814. The van der Waals surface area contributed by atoms with Crippen LogP contribution in [0.3, 0.4) is 0 Å². The summed E-state index contributed by atoms with van der Waals surface area (Å²) in [6.07, 6.45) is 2.85. The van der Waals surface area contributed by atoms with E-state index in [-0.39, 0.29) is 24.3 Å². The lowest BCUT2D eigenvalue weighted by Gasteiger charge is -2.06. The molecule has 118 valence electrons. The number of aromatic nitrogens is 1. The number of hydrogen-bond donors (Lipinski definition) is 2. The topological polar surface area (TPSA) is 68.0 Å². The normalized spacial score (nSPS) is 12.1. The van der Waals surface area contributed by atoms with Gasteiger partial charge in [-0.15, -0.1) is 11.3 Å². The lowest BCUT2D eigenvalue weighted by Crippen LogP contribution is -2.24. The Labute approximate surface area is 137 Å². The van der Waals surface area contributed by atoms with E-state index in [4.69, 9.17) is 5.73 Å². The first-order chi connectivity index (χ1) is 10.6. The van der Waals surface area contributed by atoms with Crippen LogP contribution in [0.15, 0.2) is 29.6 Å². The number of carbonyl (C=O) groups is 1. The molecule has 22 heavy (non-hydrogen) atoms. The van der Waals surface area contributed by atoms with Crippen molar-refractivity contribution >= 4 is 29.0 Å². The van der Waals surface area contributed by atoms with Crippen LogP contribution in [0.2, 0.25) is 0 Å². The third-order valence-corrected chi connectivity index (χ3v) is 4.72. The molecule has 4 nitrogen and oxygen atoms in total. The number of nitrogens with zero attached hydrogens (tertiary/aromatic N) is 1. The highest BCUT2D eigenvalue weighted by Crippen LogP contribution is 2.20. The molecule has 0 aliphatic heterocycles. The molecule has 7 heteroatoms. The van der Waals surface area contributed by atoms with Crippen molar-refractivity contribution in [2.24, 2.45) is 5.73 Å². The van der Waals surface area contributed by atoms with E-state index in [0.717, 1.165) is 17.2 Å². The maximum Gasteiger partial charge on any atom is 0.271 e. The van der Waals surface area contributed by atoms with Crippen LogP contribution in [0.5, 0.6) is 0 Å². The second kappa shape index (κ2) is 8.26. The third kappa shape index (κ3) is 4.53. The van der Waals surface area contributed by atoms with Crippen molar-refractivity contribution in [3.05, 3.63) is 51.7 Å². The summed E-state index contributed by atoms with van der Waals surface area (Å²) in [6.45, 7) is 0.136. The predicted molar refractivity (Wildman–Crippen MR) is 89.6 cm³/mol. The zero-order valence-electron chi connectivity index (χ0n) is 12.2. The van der Waals surface area contributed by atoms with Gasteiger partial charge in [-0.25, -0.2) is 9.37 Å². The SMILES string of the molecule is CSCCC(N)c1nc(C(=O)NCc2ccccc2F)cs1. The number of hydrogen-bond acceptors (Lipinski definition) is 5. The summed E-state index contributed by atoms with van der Waals surface area (Å²) in [5, 5.41) is 5.11. The fourth-order valence-electron chi connectivity index (χ4n) is 1.84. The molecular formula is C15H18FN3OS2. The number of amides is 1. The maximum absolute atomic E-state index is 13.5. The first-order valence-electron chi connectivity index (χ1n) is 6.83. The standard InChI is InChI=1S/C15H18FN3OS2/c1-21-7-6-12(17)15-19-13(9-22-15)14(20)18-8-10-4-2-3-5-11(10)16/h2-5,9,12H,6-8,17H2,1H3,(H,18,20). The molecule has 0 aliphatic carbocycles. The Balaban J connectivity index is 1.93. The second-order valence-electron chi connectivity index (χ2n) is 4.73. The summed E-state index contributed by atoms with van der Waals surface area (Å²) in [5.41, 5.74) is 6.81. The average molecular weight is 339 g/mol. The van der Waals surface area contributed by atoms with Gasteiger partial charge in [0.2, 0.25) is 0 Å². The number of halogens is 1. The highest BCUT2D eigenvalue weighted by Gasteiger charge is 2.15. The molecule has 1 aromatic heterocycles. The Bertz CT molecular complexity index is 633. The van der Waals surface area contributed by atoms with Crippen LogP contribution in [0.4, 0.5) is 4.39 Å². The van der Waals surface area contributed by atoms with Crippen molar-refractivity contribution in [1.29, 1.82) is 0 Å². The molecule has 0 bridgehead atoms. The number of carbonyl (C=O) groups excluding carboxylic acids is 1. The van der Waals surface area contributed by atoms with E-state index in [1.807, 2.05) is 6.26 Å². The minimum Gasteiger partial charge on any atom is -0.346 e. The average Bonchev–Trinajstić information content (AvgIpc) is 3.01. The van der Waals surface area contributed by atoms with Gasteiger partial charge in [0.1, 0.15) is 16.5 Å². The highest BCUT2D eigenvalue weighted by atomic mass is 32.2. The van der Waals surface area contributed by atoms with E-state index in [1.165, 1.54) is 17.4 Å². The maximum atomic E-state index is 13.5. The number of nitrogens with one attached hydrogen (secondary N) is 1. The number of nitrogens with two attached hydrogens (primary N) is 1. The fourth-order valence-corrected chi connectivity index (χ4v) is 3.16. The van der Waals surface area contributed by atoms with Crippen LogP contribution in [0.1, 0.15) is 33.5 Å². The number of rotatable bonds is 7. The lowest BCUT2D eigenvalue weighted by molar-refractivity contribution is 0.0946. The monoisotopic (exact) mass is 339 g/mol. The summed E-state index contributed by atoms with van der Waals surface area (Å²) < 4.78 is 13.5. The van der Waals surface area contributed by atoms with Gasteiger partial charge in [-0.3, -0.25) is 4.79 Å². The molecule has 0 saturated heterocycles. The van der Waals surface area contributed by atoms with Crippen LogP contribution >= 0.6 is 23.1 Å². The predicted octanol–water partition coefficient (Wildman–Crippen LogP) is 2.97. The van der Waals surface area contributed by atoms with Gasteiger partial charge in [0.25, 0.3) is 5.91 Å². The van der Waals surface area contributed by atoms with Gasteiger partial charge < -0.3 is 11.1 Å². The summed E-state index contributed by atoms with van der Waals surface area (Å²) in [6, 6.07) is 6.21. The van der Waals surface area contributed by atoms with Crippen molar-refractivity contribution in [2.75, 3.05) is 12.0 Å². The molecule has 1 heterocycles. The first kappa shape index (κ1) is 16.9. The largest absolute Gasteiger partial charge is 0.346 e. The van der Waals surface area contributed by atoms with Gasteiger partial charge in [0.05, 0.1) is 6.04 Å². The van der Waals surface area contributed by atoms with Crippen LogP contribution in [-0.4, -0.2) is 22.9 Å². The summed E-state index contributed by atoms with van der Waals surface area (Å²) in [4.78, 5) is 16.3. The van der Waals surface area contributed by atoms with Crippen LogP contribution < -0.4 is 11.1 Å². The molecule has 2 aromatic rings. The van der Waals surface area contributed by atoms with Gasteiger partial charge in [-0.1, -0.05) is 18.2 Å². The van der Waals surface area contributed by atoms with Crippen molar-refractivity contribution in [3.8, 4) is 0 Å². The zero-order chi connectivity index (χ0) is 15.9. The van der Waals surface area contributed by atoms with Gasteiger partial charge >= 0.3 is 0 Å². The molecule has 3 N–H and O–H groups in total. The summed E-state index contributed by atoms with van der Waals surface area (Å²) in [7, 11) is 0. The molecule has 0 fully saturated rings. The van der Waals surface area contributed by atoms with E-state index < -0.39 is 0 Å². The molecule has 1 unspecified atom stereocenters. The number of benzene rings is 1. The van der Waals surface area contributed by atoms with Gasteiger partial charge in [-0.2, -0.15) is 11.8 Å². The number of thioether (sulfide) groups is 1. The molecule has 2 rings (SSSR count). The zero-order valence-corrected chi connectivity index (χ0v) is 13.8. The smallest absolute Gasteiger partial charge is 0.271 e. The summed E-state index contributed by atoms with van der Waals surface area (Å²) >= 11 is 3.11. The molecule has 1 aromatic carbocycles. The Hall–Kier alpha value is -1.44. The molecule has 0 radical (unpaired) electrons. The van der Waals surface area contributed by atoms with Crippen LogP contribution in [0.25, 0.3) is 0 Å². The Morgan fingerprint density at radius 2 is 2.27 bits per heavy atom. The van der Waals surface area contributed by atoms with E-state index in [2.05, 4.69) is 10.3 Å². The lowest BCUT2D eigenvalue weighted by atomic mass is 10.2. The van der Waals surface area contributed by atoms with Gasteiger partial charge in [0, 0.05) is 17.5 Å². The van der Waals surface area contributed by atoms with Crippen molar-refractivity contribution in [2.45, 2.75) is 19.0 Å². The molecule has 0 spiro atoms. The third-order valence-electron chi connectivity index (χ3n) is 3.10. The first-order valence-corrected chi connectivity index (χ1v) is 9.10. The highest BCUT2D eigenvalue weighted by molar-refractivity contribution is 7.98. The molecule has 1 atom stereocenters. The van der Waals surface area contributed by atoms with Crippen molar-refractivity contribution < 1.29 is 9.18 Å². The van der Waals surface area contributed by atoms with Crippen molar-refractivity contribution in [3.63, 3.8) is 0 Å². The molecule has 0 saturated carbocycles. The van der Waals surface area contributed by atoms with Gasteiger partial charge in [0.15, 0.2) is 0 Å². The minimum absolute atomic E-state index is 0.136. The van der Waals surface area contributed by atoms with Gasteiger partial charge in [-0.05, 0) is 24.5 Å². The second-order valence-corrected chi connectivity index (χ2v) is 6.61. The fraction of sp³-hybridized carbons (Fsp3) is 0.333. The Morgan fingerprint density at radius 1 is 1.50 bits per heavy atom. The molecule has 0 aliphatic rings. The molecule has 1 amide bonds. The van der Waals surface area contributed by atoms with E-state index in [1.54, 1.807) is 35.3 Å². The van der Waals surface area contributed by atoms with Crippen LogP contribution in [0, 0.1) is 5.82 Å². The minimum atomic E-state index is -0.333. The molecular weight excluding hydrogens is 321 g/mol. The van der Waals surface area contributed by atoms with E-state index in [9.17, 15) is 9.18 Å². The Morgan fingerprint density at radius 3 is 3.00 bits per heavy atom. The van der Waals surface area contributed by atoms with Crippen LogP contribution in [-0.2, 0) is 6.54 Å².